The molecule has 0 saturated carbocycles. The summed E-state index contributed by atoms with van der Waals surface area (Å²) >= 11 is 6.17. The second-order valence-corrected chi connectivity index (χ2v) is 5.64. The first-order valence-electron chi connectivity index (χ1n) is 7.54. The first-order chi connectivity index (χ1) is 12.5. The number of hydrogen-bond acceptors (Lipinski definition) is 6. The first-order valence-corrected chi connectivity index (χ1v) is 7.92. The summed E-state index contributed by atoms with van der Waals surface area (Å²) in [6.45, 7) is 0. The quantitative estimate of drug-likeness (QED) is 0.640. The molecule has 0 radical (unpaired) electrons. The average Bonchev–Trinajstić information content (AvgIpc) is 2.65. The molecule has 8 heteroatoms. The molecule has 3 aromatic rings. The number of methoxy groups -OCH3 is 1. The van der Waals surface area contributed by atoms with E-state index in [1.54, 1.807) is 36.4 Å². The predicted octanol–water partition coefficient (Wildman–Crippen LogP) is 4.54. The fraction of sp³-hybridized carbons (Fsp3) is 0.0556. The summed E-state index contributed by atoms with van der Waals surface area (Å²) in [5, 5.41) is 6.50. The van der Waals surface area contributed by atoms with Crippen molar-refractivity contribution < 1.29 is 13.9 Å². The average molecular weight is 373 g/mol. The SMILES string of the molecule is COC(=O)c1ccc(Cl)c(Nc2cc(Nc3ccc(F)cc3)ncn2)c1. The zero-order valence-corrected chi connectivity index (χ0v) is 14.4. The molecule has 0 amide bonds. The number of nitrogens with one attached hydrogen (secondary N) is 2. The van der Waals surface area contributed by atoms with Gasteiger partial charge in [0.1, 0.15) is 23.8 Å². The highest BCUT2D eigenvalue weighted by Crippen LogP contribution is 2.27. The van der Waals surface area contributed by atoms with E-state index in [0.717, 1.165) is 0 Å². The van der Waals surface area contributed by atoms with Gasteiger partial charge in [0.05, 0.1) is 23.4 Å². The summed E-state index contributed by atoms with van der Waals surface area (Å²) in [4.78, 5) is 19.9. The van der Waals surface area contributed by atoms with Crippen molar-refractivity contribution >= 4 is 40.6 Å². The number of rotatable bonds is 5. The molecule has 0 atom stereocenters. The topological polar surface area (TPSA) is 76.1 Å². The van der Waals surface area contributed by atoms with Crippen LogP contribution in [0.25, 0.3) is 0 Å². The van der Waals surface area contributed by atoms with Crippen LogP contribution in [0.1, 0.15) is 10.4 Å². The molecule has 26 heavy (non-hydrogen) atoms. The molecule has 0 aliphatic carbocycles. The number of hydrogen-bond donors (Lipinski definition) is 2. The van der Waals surface area contributed by atoms with Gasteiger partial charge in [-0.1, -0.05) is 11.6 Å². The van der Waals surface area contributed by atoms with Crippen LogP contribution in [0.3, 0.4) is 0 Å². The van der Waals surface area contributed by atoms with Crippen LogP contribution in [-0.2, 0) is 4.74 Å². The minimum absolute atomic E-state index is 0.319. The Kier molecular flexibility index (Phi) is 5.28. The van der Waals surface area contributed by atoms with E-state index < -0.39 is 5.97 Å². The number of halogens is 2. The molecule has 0 bridgehead atoms. The van der Waals surface area contributed by atoms with E-state index in [1.807, 2.05) is 0 Å². The van der Waals surface area contributed by atoms with E-state index in [1.165, 1.54) is 25.6 Å². The summed E-state index contributed by atoms with van der Waals surface area (Å²) in [5.41, 5.74) is 1.54. The molecule has 1 heterocycles. The maximum Gasteiger partial charge on any atom is 0.337 e. The number of benzene rings is 2. The molecular weight excluding hydrogens is 359 g/mol. The van der Waals surface area contributed by atoms with Crippen molar-refractivity contribution in [2.75, 3.05) is 17.7 Å². The van der Waals surface area contributed by atoms with E-state index in [9.17, 15) is 9.18 Å². The summed E-state index contributed by atoms with van der Waals surface area (Å²) in [5.74, 6) is 0.190. The van der Waals surface area contributed by atoms with E-state index in [-0.39, 0.29) is 5.82 Å². The second-order valence-electron chi connectivity index (χ2n) is 5.23. The molecule has 6 nitrogen and oxygen atoms in total. The highest BCUT2D eigenvalue weighted by molar-refractivity contribution is 6.33. The third kappa shape index (κ3) is 4.25. The summed E-state index contributed by atoms with van der Waals surface area (Å²) in [6, 6.07) is 12.3. The number of ether oxygens (including phenoxy) is 1. The minimum atomic E-state index is -0.467. The van der Waals surface area contributed by atoms with Crippen LogP contribution in [0.2, 0.25) is 5.02 Å². The van der Waals surface area contributed by atoms with E-state index in [2.05, 4.69) is 20.6 Å². The lowest BCUT2D eigenvalue weighted by atomic mass is 10.2. The van der Waals surface area contributed by atoms with Crippen LogP contribution in [0.5, 0.6) is 0 Å². The van der Waals surface area contributed by atoms with Crippen LogP contribution in [0.15, 0.2) is 54.9 Å². The van der Waals surface area contributed by atoms with E-state index >= 15 is 0 Å². The molecule has 0 saturated heterocycles. The lowest BCUT2D eigenvalue weighted by Gasteiger charge is -2.11. The highest BCUT2D eigenvalue weighted by atomic mass is 35.5. The van der Waals surface area contributed by atoms with Gasteiger partial charge in [-0.25, -0.2) is 19.2 Å². The van der Waals surface area contributed by atoms with E-state index in [0.29, 0.717) is 33.6 Å². The summed E-state index contributed by atoms with van der Waals surface area (Å²) in [7, 11) is 1.31. The number of anilines is 4. The van der Waals surface area contributed by atoms with Crippen molar-refractivity contribution in [2.24, 2.45) is 0 Å². The predicted molar refractivity (Wildman–Crippen MR) is 97.8 cm³/mol. The fourth-order valence-corrected chi connectivity index (χ4v) is 2.34. The highest BCUT2D eigenvalue weighted by Gasteiger charge is 2.10. The van der Waals surface area contributed by atoms with Gasteiger partial charge in [0.15, 0.2) is 0 Å². The van der Waals surface area contributed by atoms with Gasteiger partial charge in [0, 0.05) is 11.8 Å². The van der Waals surface area contributed by atoms with Gasteiger partial charge in [0.25, 0.3) is 0 Å². The molecule has 2 N–H and O–H groups in total. The third-order valence-corrected chi connectivity index (χ3v) is 3.76. The molecule has 0 aliphatic heterocycles. The van der Waals surface area contributed by atoms with E-state index in [4.69, 9.17) is 16.3 Å². The van der Waals surface area contributed by atoms with Crippen LogP contribution in [-0.4, -0.2) is 23.0 Å². The monoisotopic (exact) mass is 372 g/mol. The summed E-state index contributed by atoms with van der Waals surface area (Å²) < 4.78 is 17.7. The van der Waals surface area contributed by atoms with Crippen LogP contribution in [0, 0.1) is 5.82 Å². The Hall–Kier alpha value is -3.19. The molecule has 3 rings (SSSR count). The molecule has 0 aliphatic rings. The molecule has 0 unspecified atom stereocenters. The smallest absolute Gasteiger partial charge is 0.337 e. The molecule has 0 spiro atoms. The Morgan fingerprint density at radius 2 is 1.73 bits per heavy atom. The van der Waals surface area contributed by atoms with Gasteiger partial charge < -0.3 is 15.4 Å². The van der Waals surface area contributed by atoms with Crippen LogP contribution in [0.4, 0.5) is 27.4 Å². The number of nitrogens with zero attached hydrogens (tertiary/aromatic N) is 2. The van der Waals surface area contributed by atoms with Gasteiger partial charge in [-0.15, -0.1) is 0 Å². The van der Waals surface area contributed by atoms with Crippen molar-refractivity contribution in [1.82, 2.24) is 9.97 Å². The Labute approximate surface area is 154 Å². The zero-order chi connectivity index (χ0) is 18.5. The molecule has 132 valence electrons. The number of aromatic nitrogens is 2. The second kappa shape index (κ2) is 7.79. The number of carbonyl (C=O) groups is 1. The van der Waals surface area contributed by atoms with Crippen molar-refractivity contribution in [3.8, 4) is 0 Å². The lowest BCUT2D eigenvalue weighted by molar-refractivity contribution is 0.0601. The van der Waals surface area contributed by atoms with Crippen molar-refractivity contribution in [2.45, 2.75) is 0 Å². The molecule has 1 aromatic heterocycles. The Morgan fingerprint density at radius 3 is 2.42 bits per heavy atom. The Balaban J connectivity index is 1.80. The lowest BCUT2D eigenvalue weighted by Crippen LogP contribution is -2.03. The molecule has 2 aromatic carbocycles. The van der Waals surface area contributed by atoms with Gasteiger partial charge in [-0.2, -0.15) is 0 Å². The maximum atomic E-state index is 13.0. The fourth-order valence-electron chi connectivity index (χ4n) is 2.18. The first kappa shape index (κ1) is 17.6. The molecule has 0 fully saturated rings. The summed E-state index contributed by atoms with van der Waals surface area (Å²) in [6.07, 6.45) is 1.37. The maximum absolute atomic E-state index is 13.0. The van der Waals surface area contributed by atoms with Crippen molar-refractivity contribution in [1.29, 1.82) is 0 Å². The molecular formula is C18H14ClFN4O2. The van der Waals surface area contributed by atoms with Crippen LogP contribution < -0.4 is 10.6 Å². The largest absolute Gasteiger partial charge is 0.465 e. The number of esters is 1. The third-order valence-electron chi connectivity index (χ3n) is 3.43. The van der Waals surface area contributed by atoms with Gasteiger partial charge in [-0.05, 0) is 42.5 Å². The Bertz CT molecular complexity index is 935. The van der Waals surface area contributed by atoms with Crippen molar-refractivity contribution in [3.05, 3.63) is 71.3 Å². The zero-order valence-electron chi connectivity index (χ0n) is 13.7. The van der Waals surface area contributed by atoms with Gasteiger partial charge >= 0.3 is 5.97 Å². The standard InChI is InChI=1S/C18H14ClFN4O2/c1-26-18(25)11-2-7-14(19)15(8-11)24-17-9-16(21-10-22-17)23-13-5-3-12(20)4-6-13/h2-10H,1H3,(H2,21,22,23,24). The van der Waals surface area contributed by atoms with Gasteiger partial charge in [0.2, 0.25) is 0 Å². The Morgan fingerprint density at radius 1 is 1.04 bits per heavy atom. The number of carbonyl (C=O) groups excluding carboxylic acids is 1. The van der Waals surface area contributed by atoms with Crippen molar-refractivity contribution in [3.63, 3.8) is 0 Å². The van der Waals surface area contributed by atoms with Gasteiger partial charge in [-0.3, -0.25) is 0 Å². The normalized spacial score (nSPS) is 10.3. The minimum Gasteiger partial charge on any atom is -0.465 e. The van der Waals surface area contributed by atoms with Crippen LogP contribution >= 0.6 is 11.6 Å².